The summed E-state index contributed by atoms with van der Waals surface area (Å²) in [5, 5.41) is 19.8. The lowest BCUT2D eigenvalue weighted by molar-refractivity contribution is -0.143. The van der Waals surface area contributed by atoms with E-state index in [0.717, 1.165) is 22.3 Å². The van der Waals surface area contributed by atoms with Crippen LogP contribution >= 0.6 is 23.2 Å². The minimum atomic E-state index is -1.04. The molecule has 0 aliphatic carbocycles. The Balaban J connectivity index is 0.000000248. The van der Waals surface area contributed by atoms with E-state index in [2.05, 4.69) is 0 Å². The van der Waals surface area contributed by atoms with Gasteiger partial charge < -0.3 is 19.7 Å². The van der Waals surface area contributed by atoms with Crippen LogP contribution in [0.5, 0.6) is 11.5 Å². The molecule has 0 unspecified atom stereocenters. The number of halogens is 2. The average Bonchev–Trinajstić information content (AvgIpc) is 3.03. The van der Waals surface area contributed by atoms with Gasteiger partial charge in [0.15, 0.2) is 11.6 Å². The zero-order valence-corrected chi connectivity index (χ0v) is 26.2. The van der Waals surface area contributed by atoms with Crippen LogP contribution in [0.15, 0.2) is 84.9 Å². The number of carboxylic acid groups (broad SMARTS) is 1. The first-order valence-electron chi connectivity index (χ1n) is 14.0. The zero-order valence-electron chi connectivity index (χ0n) is 24.7. The van der Waals surface area contributed by atoms with Gasteiger partial charge in [0, 0.05) is 22.9 Å². The molecular formula is C35H32Cl2O8. The maximum absolute atomic E-state index is 12.3. The highest BCUT2D eigenvalue weighted by Gasteiger charge is 2.16. The number of hydrogen-bond acceptors (Lipinski definition) is 7. The van der Waals surface area contributed by atoms with E-state index in [1.807, 2.05) is 42.5 Å². The number of phenolic OH excluding ortho intramolecular Hbond substituents is 1. The highest BCUT2D eigenvalue weighted by Crippen LogP contribution is 2.30. The molecule has 2 N–H and O–H groups in total. The predicted octanol–water partition coefficient (Wildman–Crippen LogP) is 8.30. The first-order valence-corrected chi connectivity index (χ1v) is 14.7. The smallest absolute Gasteiger partial charge is 0.306 e. The number of esters is 1. The van der Waals surface area contributed by atoms with Crippen LogP contribution in [0.3, 0.4) is 0 Å². The van der Waals surface area contributed by atoms with Gasteiger partial charge in [-0.25, -0.2) is 0 Å². The molecular weight excluding hydrogens is 619 g/mol. The first-order chi connectivity index (χ1) is 21.5. The van der Waals surface area contributed by atoms with Crippen molar-refractivity contribution < 1.29 is 38.9 Å². The lowest BCUT2D eigenvalue weighted by Crippen LogP contribution is -2.09. The third-order valence-electron chi connectivity index (χ3n) is 6.58. The molecule has 234 valence electrons. The molecule has 8 nitrogen and oxygen atoms in total. The molecule has 0 fully saturated rings. The molecule has 4 aromatic carbocycles. The predicted molar refractivity (Wildman–Crippen MR) is 173 cm³/mol. The third kappa shape index (κ3) is 10.5. The average molecular weight is 652 g/mol. The van der Waals surface area contributed by atoms with E-state index in [0.29, 0.717) is 28.0 Å². The van der Waals surface area contributed by atoms with Crippen molar-refractivity contribution in [1.29, 1.82) is 0 Å². The number of Topliss-reactive ketones (excluding diaryl/α,β-unsaturated/α-hetero) is 2. The lowest BCUT2D eigenvalue weighted by Gasteiger charge is -2.10. The molecule has 0 bridgehead atoms. The molecule has 0 saturated heterocycles. The summed E-state index contributed by atoms with van der Waals surface area (Å²) < 4.78 is 10.2. The monoisotopic (exact) mass is 650 g/mol. The van der Waals surface area contributed by atoms with E-state index in [4.69, 9.17) is 37.8 Å². The summed E-state index contributed by atoms with van der Waals surface area (Å²) in [7, 11) is 1.52. The summed E-state index contributed by atoms with van der Waals surface area (Å²) in [4.78, 5) is 46.0. The Hall–Kier alpha value is -4.66. The van der Waals surface area contributed by atoms with Crippen molar-refractivity contribution in [3.63, 3.8) is 0 Å². The Morgan fingerprint density at radius 2 is 1.11 bits per heavy atom. The number of carbonyl (C=O) groups is 4. The van der Waals surface area contributed by atoms with Crippen molar-refractivity contribution in [2.45, 2.75) is 32.6 Å². The fraction of sp³-hybridized carbons (Fsp3) is 0.200. The number of aromatic hydroxyl groups is 1. The SMILES string of the molecule is CCOC(=O)CCC(=O)c1ccc(-c2ccc(Cl)cc2)cc1OC.O=C(O)CCC(=O)c1ccc(-c2ccc(Cl)cc2)cc1O. The van der Waals surface area contributed by atoms with Crippen LogP contribution in [0.25, 0.3) is 22.3 Å². The van der Waals surface area contributed by atoms with E-state index in [1.54, 1.807) is 37.3 Å². The number of benzene rings is 4. The summed E-state index contributed by atoms with van der Waals surface area (Å²) in [6.07, 6.45) is -0.232. The van der Waals surface area contributed by atoms with Gasteiger partial charge >= 0.3 is 11.9 Å². The largest absolute Gasteiger partial charge is 0.507 e. The molecule has 45 heavy (non-hydrogen) atoms. The maximum Gasteiger partial charge on any atom is 0.306 e. The highest BCUT2D eigenvalue weighted by atomic mass is 35.5. The quantitative estimate of drug-likeness (QED) is 0.116. The zero-order chi connectivity index (χ0) is 32.9. The Morgan fingerprint density at radius 1 is 0.644 bits per heavy atom. The maximum atomic E-state index is 12.3. The summed E-state index contributed by atoms with van der Waals surface area (Å²) in [5.74, 6) is -1.63. The molecule has 0 saturated carbocycles. The molecule has 0 amide bonds. The van der Waals surface area contributed by atoms with E-state index >= 15 is 0 Å². The first kappa shape index (κ1) is 34.8. The van der Waals surface area contributed by atoms with E-state index in [9.17, 15) is 24.3 Å². The van der Waals surface area contributed by atoms with Crippen LogP contribution in [0.4, 0.5) is 0 Å². The summed E-state index contributed by atoms with van der Waals surface area (Å²) in [6, 6.07) is 24.6. The Kier molecular flexibility index (Phi) is 13.1. The molecule has 0 aliphatic rings. The van der Waals surface area contributed by atoms with Gasteiger partial charge in [0.2, 0.25) is 0 Å². The van der Waals surface area contributed by atoms with Crippen LogP contribution in [0, 0.1) is 0 Å². The van der Waals surface area contributed by atoms with Crippen LogP contribution in [-0.4, -0.2) is 47.4 Å². The molecule has 4 rings (SSSR count). The molecule has 4 aromatic rings. The number of ketones is 2. The second kappa shape index (κ2) is 17.0. The molecule has 0 radical (unpaired) electrons. The fourth-order valence-electron chi connectivity index (χ4n) is 4.27. The van der Waals surface area contributed by atoms with Gasteiger partial charge in [0.25, 0.3) is 0 Å². The van der Waals surface area contributed by atoms with Gasteiger partial charge in [0.1, 0.15) is 11.5 Å². The standard InChI is InChI=1S/C19H19ClO4.C16H13ClO4/c1-3-24-19(22)11-10-17(21)16-9-6-14(12-18(16)23-2)13-4-7-15(20)8-5-13;17-12-4-1-10(2-5-12)11-3-6-13(15(19)9-11)14(18)7-8-16(20)21/h4-9,12H,3,10-11H2,1-2H3;1-6,9,19H,7-8H2,(H,20,21). The van der Waals surface area contributed by atoms with Crippen molar-refractivity contribution in [2.75, 3.05) is 13.7 Å². The highest BCUT2D eigenvalue weighted by molar-refractivity contribution is 6.31. The van der Waals surface area contributed by atoms with Crippen LogP contribution in [0.2, 0.25) is 10.0 Å². The van der Waals surface area contributed by atoms with E-state index in [-0.39, 0.29) is 48.7 Å². The molecule has 0 spiro atoms. The molecule has 0 aromatic heterocycles. The van der Waals surface area contributed by atoms with Crippen LogP contribution in [0.1, 0.15) is 53.3 Å². The number of hydrogen-bond donors (Lipinski definition) is 2. The second-order valence-corrected chi connectivity index (χ2v) is 10.6. The van der Waals surface area contributed by atoms with Crippen molar-refractivity contribution in [1.82, 2.24) is 0 Å². The van der Waals surface area contributed by atoms with Crippen LogP contribution < -0.4 is 4.74 Å². The minimum absolute atomic E-state index is 0.0642. The summed E-state index contributed by atoms with van der Waals surface area (Å²) in [5.41, 5.74) is 4.10. The number of carboxylic acids is 1. The lowest BCUT2D eigenvalue weighted by atomic mass is 9.99. The van der Waals surface area contributed by atoms with Crippen molar-refractivity contribution in [3.05, 3.63) is 106 Å². The van der Waals surface area contributed by atoms with Crippen molar-refractivity contribution in [2.24, 2.45) is 0 Å². The van der Waals surface area contributed by atoms with Gasteiger partial charge in [-0.05, 0) is 77.7 Å². The number of phenols is 1. The summed E-state index contributed by atoms with van der Waals surface area (Å²) >= 11 is 11.7. The van der Waals surface area contributed by atoms with Crippen molar-refractivity contribution >= 4 is 46.7 Å². The number of carbonyl (C=O) groups excluding carboxylic acids is 3. The van der Waals surface area contributed by atoms with Gasteiger partial charge in [-0.15, -0.1) is 0 Å². The summed E-state index contributed by atoms with van der Waals surface area (Å²) in [6.45, 7) is 2.05. The van der Waals surface area contributed by atoms with E-state index < -0.39 is 11.8 Å². The molecule has 0 atom stereocenters. The molecule has 0 aliphatic heterocycles. The van der Waals surface area contributed by atoms with Gasteiger partial charge in [-0.3, -0.25) is 19.2 Å². The third-order valence-corrected chi connectivity index (χ3v) is 7.09. The Morgan fingerprint density at radius 3 is 1.60 bits per heavy atom. The Labute approximate surface area is 271 Å². The minimum Gasteiger partial charge on any atom is -0.507 e. The van der Waals surface area contributed by atoms with Gasteiger partial charge in [0.05, 0.1) is 37.7 Å². The Bertz CT molecular complexity index is 1650. The number of methoxy groups -OCH3 is 1. The van der Waals surface area contributed by atoms with Crippen molar-refractivity contribution in [3.8, 4) is 33.8 Å². The van der Waals surface area contributed by atoms with Gasteiger partial charge in [-0.1, -0.05) is 59.6 Å². The normalized spacial score (nSPS) is 10.3. The number of rotatable bonds is 12. The molecule has 10 heteroatoms. The number of aliphatic carboxylic acids is 1. The molecule has 0 heterocycles. The fourth-order valence-corrected chi connectivity index (χ4v) is 4.52. The second-order valence-electron chi connectivity index (χ2n) is 9.71. The van der Waals surface area contributed by atoms with Gasteiger partial charge in [-0.2, -0.15) is 0 Å². The van der Waals surface area contributed by atoms with E-state index in [1.165, 1.54) is 19.2 Å². The number of ether oxygens (including phenoxy) is 2. The topological polar surface area (TPSA) is 127 Å². The van der Waals surface area contributed by atoms with Crippen LogP contribution in [-0.2, 0) is 14.3 Å².